The van der Waals surface area contributed by atoms with Crippen LogP contribution in [0, 0.1) is 5.92 Å². The first-order valence-corrected chi connectivity index (χ1v) is 8.12. The van der Waals surface area contributed by atoms with E-state index in [1.165, 1.54) is 0 Å². The molecule has 4 nitrogen and oxygen atoms in total. The van der Waals surface area contributed by atoms with Gasteiger partial charge in [-0.3, -0.25) is 4.79 Å². The van der Waals surface area contributed by atoms with Gasteiger partial charge in [0.15, 0.2) is 0 Å². The second kappa shape index (κ2) is 7.43. The molecule has 1 fully saturated rings. The maximum absolute atomic E-state index is 12.7. The number of pyridine rings is 1. The molecule has 0 radical (unpaired) electrons. The zero-order valence-electron chi connectivity index (χ0n) is 13.4. The highest BCUT2D eigenvalue weighted by molar-refractivity contribution is 5.95. The lowest BCUT2D eigenvalue weighted by Crippen LogP contribution is -2.34. The summed E-state index contributed by atoms with van der Waals surface area (Å²) >= 11 is 0. The van der Waals surface area contributed by atoms with E-state index in [2.05, 4.69) is 36.0 Å². The summed E-state index contributed by atoms with van der Waals surface area (Å²) < 4.78 is 0. The summed E-state index contributed by atoms with van der Waals surface area (Å²) in [5, 5.41) is 3.24. The third-order valence-electron chi connectivity index (χ3n) is 3.76. The first-order chi connectivity index (χ1) is 10.1. The van der Waals surface area contributed by atoms with Crippen molar-refractivity contribution in [3.05, 3.63) is 23.9 Å². The van der Waals surface area contributed by atoms with Gasteiger partial charge in [0.25, 0.3) is 5.91 Å². The van der Waals surface area contributed by atoms with E-state index in [4.69, 9.17) is 0 Å². The van der Waals surface area contributed by atoms with E-state index in [0.717, 1.165) is 50.2 Å². The Labute approximate surface area is 127 Å². The summed E-state index contributed by atoms with van der Waals surface area (Å²) in [7, 11) is 0. The fourth-order valence-corrected chi connectivity index (χ4v) is 2.31. The molecular formula is C17H27N3O. The summed E-state index contributed by atoms with van der Waals surface area (Å²) in [6.45, 7) is 8.26. The van der Waals surface area contributed by atoms with Crippen molar-refractivity contribution in [3.8, 4) is 0 Å². The minimum atomic E-state index is 0.153. The van der Waals surface area contributed by atoms with Gasteiger partial charge in [0.05, 0.1) is 0 Å². The molecule has 0 aromatic carbocycles. The number of hydrogen-bond donors (Lipinski definition) is 1. The van der Waals surface area contributed by atoms with Crippen molar-refractivity contribution in [2.45, 2.75) is 52.5 Å². The third kappa shape index (κ3) is 4.73. The number of hydrogen-bond acceptors (Lipinski definition) is 3. The quantitative estimate of drug-likeness (QED) is 0.796. The van der Waals surface area contributed by atoms with E-state index in [0.29, 0.717) is 12.0 Å². The van der Waals surface area contributed by atoms with E-state index in [1.54, 1.807) is 6.20 Å². The highest BCUT2D eigenvalue weighted by Gasteiger charge is 2.32. The molecule has 1 N–H and O–H groups in total. The Morgan fingerprint density at radius 2 is 2.24 bits per heavy atom. The van der Waals surface area contributed by atoms with Crippen molar-refractivity contribution in [2.75, 3.05) is 18.4 Å². The number of rotatable bonds is 8. The number of carbonyl (C=O) groups is 1. The number of amides is 1. The van der Waals surface area contributed by atoms with Crippen LogP contribution in [0.2, 0.25) is 0 Å². The minimum Gasteiger partial charge on any atom is -0.370 e. The Morgan fingerprint density at radius 3 is 2.86 bits per heavy atom. The van der Waals surface area contributed by atoms with E-state index in [9.17, 15) is 4.79 Å². The van der Waals surface area contributed by atoms with Crippen LogP contribution in [0.4, 0.5) is 5.82 Å². The third-order valence-corrected chi connectivity index (χ3v) is 3.76. The SMILES string of the molecule is CCCNc1cc(C(=O)N(CCC(C)C)C2CC2)ccn1. The van der Waals surface area contributed by atoms with Crippen molar-refractivity contribution in [1.82, 2.24) is 9.88 Å². The van der Waals surface area contributed by atoms with Gasteiger partial charge in [-0.25, -0.2) is 4.98 Å². The molecule has 0 atom stereocenters. The van der Waals surface area contributed by atoms with E-state index >= 15 is 0 Å². The van der Waals surface area contributed by atoms with E-state index in [1.807, 2.05) is 12.1 Å². The molecule has 1 aliphatic rings. The molecule has 21 heavy (non-hydrogen) atoms. The first kappa shape index (κ1) is 15.8. The van der Waals surface area contributed by atoms with Gasteiger partial charge in [-0.2, -0.15) is 0 Å². The lowest BCUT2D eigenvalue weighted by molar-refractivity contribution is 0.0735. The van der Waals surface area contributed by atoms with Crippen molar-refractivity contribution in [3.63, 3.8) is 0 Å². The van der Waals surface area contributed by atoms with Crippen LogP contribution in [0.15, 0.2) is 18.3 Å². The molecule has 1 saturated carbocycles. The van der Waals surface area contributed by atoms with Crippen LogP contribution in [-0.4, -0.2) is 34.9 Å². The van der Waals surface area contributed by atoms with Crippen molar-refractivity contribution < 1.29 is 4.79 Å². The molecule has 1 aromatic heterocycles. The van der Waals surface area contributed by atoms with Crippen molar-refractivity contribution in [2.24, 2.45) is 5.92 Å². The first-order valence-electron chi connectivity index (χ1n) is 8.12. The second-order valence-corrected chi connectivity index (χ2v) is 6.27. The predicted octanol–water partition coefficient (Wildman–Crippen LogP) is 3.55. The molecule has 0 bridgehead atoms. The minimum absolute atomic E-state index is 0.153. The topological polar surface area (TPSA) is 45.2 Å². The summed E-state index contributed by atoms with van der Waals surface area (Å²) in [6, 6.07) is 4.16. The summed E-state index contributed by atoms with van der Waals surface area (Å²) in [5.41, 5.74) is 0.749. The molecule has 2 rings (SSSR count). The highest BCUT2D eigenvalue weighted by atomic mass is 16.2. The Kier molecular flexibility index (Phi) is 5.59. The van der Waals surface area contributed by atoms with Gasteiger partial charge in [0.1, 0.15) is 5.82 Å². The molecule has 0 saturated heterocycles. The average molecular weight is 289 g/mol. The van der Waals surface area contributed by atoms with Crippen LogP contribution >= 0.6 is 0 Å². The maximum Gasteiger partial charge on any atom is 0.254 e. The monoisotopic (exact) mass is 289 g/mol. The summed E-state index contributed by atoms with van der Waals surface area (Å²) in [6.07, 6.45) is 6.13. The Bertz CT molecular complexity index is 469. The molecule has 1 heterocycles. The zero-order chi connectivity index (χ0) is 15.2. The van der Waals surface area contributed by atoms with Gasteiger partial charge >= 0.3 is 0 Å². The van der Waals surface area contributed by atoms with Gasteiger partial charge in [-0.05, 0) is 43.7 Å². The number of nitrogens with zero attached hydrogens (tertiary/aromatic N) is 2. The molecule has 116 valence electrons. The van der Waals surface area contributed by atoms with Crippen LogP contribution in [0.1, 0.15) is 56.8 Å². The second-order valence-electron chi connectivity index (χ2n) is 6.27. The number of anilines is 1. The number of nitrogens with one attached hydrogen (secondary N) is 1. The summed E-state index contributed by atoms with van der Waals surface area (Å²) in [4.78, 5) is 19.1. The van der Waals surface area contributed by atoms with Gasteiger partial charge in [0, 0.05) is 30.9 Å². The number of aromatic nitrogens is 1. The Morgan fingerprint density at radius 1 is 1.48 bits per heavy atom. The number of carbonyl (C=O) groups excluding carboxylic acids is 1. The van der Waals surface area contributed by atoms with Crippen LogP contribution in [0.3, 0.4) is 0 Å². The Balaban J connectivity index is 2.05. The van der Waals surface area contributed by atoms with Crippen molar-refractivity contribution in [1.29, 1.82) is 0 Å². The van der Waals surface area contributed by atoms with Crippen LogP contribution in [0.25, 0.3) is 0 Å². The van der Waals surface area contributed by atoms with E-state index < -0.39 is 0 Å². The largest absolute Gasteiger partial charge is 0.370 e. The van der Waals surface area contributed by atoms with Crippen molar-refractivity contribution >= 4 is 11.7 Å². The Hall–Kier alpha value is -1.58. The lowest BCUT2D eigenvalue weighted by atomic mass is 10.1. The maximum atomic E-state index is 12.7. The molecule has 1 amide bonds. The molecule has 0 unspecified atom stereocenters. The normalized spacial score (nSPS) is 14.3. The average Bonchev–Trinajstić information content (AvgIpc) is 3.30. The molecule has 1 aliphatic carbocycles. The molecule has 1 aromatic rings. The van der Waals surface area contributed by atoms with Gasteiger partial charge in [-0.15, -0.1) is 0 Å². The van der Waals surface area contributed by atoms with Crippen LogP contribution < -0.4 is 5.32 Å². The summed E-state index contributed by atoms with van der Waals surface area (Å²) in [5.74, 6) is 1.57. The van der Waals surface area contributed by atoms with Gasteiger partial charge in [-0.1, -0.05) is 20.8 Å². The van der Waals surface area contributed by atoms with Gasteiger partial charge in [0.2, 0.25) is 0 Å². The standard InChI is InChI=1S/C17H27N3O/c1-4-9-18-16-12-14(7-10-19-16)17(21)20(15-5-6-15)11-8-13(2)3/h7,10,12-13,15H,4-6,8-9,11H2,1-3H3,(H,18,19). The fourth-order valence-electron chi connectivity index (χ4n) is 2.31. The molecule has 0 aliphatic heterocycles. The molecular weight excluding hydrogens is 262 g/mol. The zero-order valence-corrected chi connectivity index (χ0v) is 13.4. The van der Waals surface area contributed by atoms with Crippen LogP contribution in [-0.2, 0) is 0 Å². The van der Waals surface area contributed by atoms with E-state index in [-0.39, 0.29) is 5.91 Å². The molecule has 4 heteroatoms. The molecule has 0 spiro atoms. The highest BCUT2D eigenvalue weighted by Crippen LogP contribution is 2.29. The smallest absolute Gasteiger partial charge is 0.254 e. The predicted molar refractivity (Wildman–Crippen MR) is 86.5 cm³/mol. The fraction of sp³-hybridized carbons (Fsp3) is 0.647. The van der Waals surface area contributed by atoms with Gasteiger partial charge < -0.3 is 10.2 Å². The lowest BCUT2D eigenvalue weighted by Gasteiger charge is -2.23. The van der Waals surface area contributed by atoms with Crippen LogP contribution in [0.5, 0.6) is 0 Å².